The summed E-state index contributed by atoms with van der Waals surface area (Å²) in [4.78, 5) is 14.7. The minimum Gasteiger partial charge on any atom is -0.480 e. The van der Waals surface area contributed by atoms with Crippen LogP contribution in [0.1, 0.15) is 24.3 Å². The number of pyridine rings is 1. The van der Waals surface area contributed by atoms with E-state index in [2.05, 4.69) is 4.98 Å². The molecule has 0 unspecified atom stereocenters. The molecule has 1 N–H and O–H groups in total. The third kappa shape index (κ3) is 4.60. The normalized spacial score (nSPS) is 18.1. The second-order valence-corrected chi connectivity index (χ2v) is 7.03. The summed E-state index contributed by atoms with van der Waals surface area (Å²) in [6.45, 7) is -0.257. The summed E-state index contributed by atoms with van der Waals surface area (Å²) < 4.78 is 25.4. The number of hydrogen-bond acceptors (Lipinski definition) is 4. The minimum absolute atomic E-state index is 0.00588. The lowest BCUT2D eigenvalue weighted by atomic mass is 9.77. The molecule has 0 bridgehead atoms. The molecular formula is C23H20FNO4. The Balaban J connectivity index is 1.44. The van der Waals surface area contributed by atoms with Crippen LogP contribution in [0.5, 0.6) is 11.6 Å². The van der Waals surface area contributed by atoms with Crippen LogP contribution in [-0.4, -0.2) is 28.8 Å². The fourth-order valence-corrected chi connectivity index (χ4v) is 3.42. The van der Waals surface area contributed by atoms with Crippen molar-refractivity contribution in [2.24, 2.45) is 0 Å². The molecule has 0 spiro atoms. The number of carbonyl (C=O) groups is 1. The number of aliphatic carboxylic acids is 1. The summed E-state index contributed by atoms with van der Waals surface area (Å²) in [6, 6.07) is 17.7. The van der Waals surface area contributed by atoms with Crippen LogP contribution in [-0.2, 0) is 9.53 Å². The lowest BCUT2D eigenvalue weighted by Crippen LogP contribution is -2.31. The number of carboxylic acids is 1. The van der Waals surface area contributed by atoms with Crippen molar-refractivity contribution in [1.82, 2.24) is 4.98 Å². The average molecular weight is 393 g/mol. The van der Waals surface area contributed by atoms with Gasteiger partial charge < -0.3 is 14.6 Å². The molecule has 1 saturated carbocycles. The van der Waals surface area contributed by atoms with Gasteiger partial charge in [0.05, 0.1) is 6.10 Å². The third-order valence-electron chi connectivity index (χ3n) is 5.03. The number of halogens is 1. The molecule has 29 heavy (non-hydrogen) atoms. The largest absolute Gasteiger partial charge is 0.480 e. The van der Waals surface area contributed by atoms with Gasteiger partial charge in [-0.25, -0.2) is 14.2 Å². The van der Waals surface area contributed by atoms with E-state index < -0.39 is 5.97 Å². The van der Waals surface area contributed by atoms with Gasteiger partial charge in [-0.1, -0.05) is 30.3 Å². The van der Waals surface area contributed by atoms with Crippen LogP contribution in [0.4, 0.5) is 4.39 Å². The number of hydrogen-bond donors (Lipinski definition) is 1. The summed E-state index contributed by atoms with van der Waals surface area (Å²) >= 11 is 0. The van der Waals surface area contributed by atoms with Crippen LogP contribution in [0.2, 0.25) is 0 Å². The fourth-order valence-electron chi connectivity index (χ4n) is 3.42. The molecule has 6 heteroatoms. The lowest BCUT2D eigenvalue weighted by molar-refractivity contribution is -0.146. The molecule has 1 heterocycles. The van der Waals surface area contributed by atoms with Gasteiger partial charge >= 0.3 is 5.97 Å². The van der Waals surface area contributed by atoms with Crippen molar-refractivity contribution >= 4 is 5.97 Å². The van der Waals surface area contributed by atoms with Crippen molar-refractivity contribution < 1.29 is 23.8 Å². The van der Waals surface area contributed by atoms with Crippen LogP contribution in [0.3, 0.4) is 0 Å². The van der Waals surface area contributed by atoms with E-state index in [1.54, 1.807) is 30.5 Å². The van der Waals surface area contributed by atoms with Crippen LogP contribution >= 0.6 is 0 Å². The SMILES string of the molecule is O=C(O)CO[C@H]1C[C@@H](c2ccc(-c3cc(Oc4ccccn4)ccc3F)cc2)C1. The van der Waals surface area contributed by atoms with Crippen molar-refractivity contribution in [3.63, 3.8) is 0 Å². The molecular weight excluding hydrogens is 373 g/mol. The molecule has 0 amide bonds. The highest BCUT2D eigenvalue weighted by atomic mass is 19.1. The van der Waals surface area contributed by atoms with Crippen molar-refractivity contribution in [3.05, 3.63) is 78.2 Å². The van der Waals surface area contributed by atoms with Gasteiger partial charge in [0.25, 0.3) is 0 Å². The summed E-state index contributed by atoms with van der Waals surface area (Å²) in [5.74, 6) is 0.0316. The number of carboxylic acid groups (broad SMARTS) is 1. The second-order valence-electron chi connectivity index (χ2n) is 7.03. The van der Waals surface area contributed by atoms with Gasteiger partial charge in [0.15, 0.2) is 0 Å². The lowest BCUT2D eigenvalue weighted by Gasteiger charge is -2.35. The zero-order valence-corrected chi connectivity index (χ0v) is 15.6. The summed E-state index contributed by atoms with van der Waals surface area (Å²) in [6.07, 6.45) is 3.23. The Labute approximate surface area is 167 Å². The van der Waals surface area contributed by atoms with E-state index in [0.29, 0.717) is 23.1 Å². The van der Waals surface area contributed by atoms with Gasteiger partial charge in [-0.15, -0.1) is 0 Å². The Bertz CT molecular complexity index is 986. The Hall–Kier alpha value is -3.25. The van der Waals surface area contributed by atoms with Crippen molar-refractivity contribution in [2.45, 2.75) is 24.9 Å². The number of aromatic nitrogens is 1. The van der Waals surface area contributed by atoms with Crippen LogP contribution in [0.15, 0.2) is 66.9 Å². The standard InChI is InChI=1S/C23H20FNO4/c24-21-9-8-18(29-22-3-1-2-10-25-22)13-20(21)16-6-4-15(5-7-16)17-11-19(12-17)28-14-23(26)27/h1-10,13,17,19H,11-12,14H2,(H,26,27)/t17-,19+. The van der Waals surface area contributed by atoms with E-state index in [-0.39, 0.29) is 18.5 Å². The third-order valence-corrected chi connectivity index (χ3v) is 5.03. The first-order valence-electron chi connectivity index (χ1n) is 9.40. The smallest absolute Gasteiger partial charge is 0.329 e. The summed E-state index contributed by atoms with van der Waals surface area (Å²) in [7, 11) is 0. The molecule has 148 valence electrons. The minimum atomic E-state index is -0.950. The van der Waals surface area contributed by atoms with Gasteiger partial charge in [-0.2, -0.15) is 0 Å². The first-order valence-corrected chi connectivity index (χ1v) is 9.40. The first-order chi connectivity index (χ1) is 14.1. The van der Waals surface area contributed by atoms with Gasteiger partial charge in [0, 0.05) is 17.8 Å². The van der Waals surface area contributed by atoms with Gasteiger partial charge in [-0.3, -0.25) is 0 Å². The van der Waals surface area contributed by atoms with E-state index in [1.807, 2.05) is 30.3 Å². The van der Waals surface area contributed by atoms with Gasteiger partial charge in [-0.05, 0) is 54.2 Å². The van der Waals surface area contributed by atoms with Gasteiger partial charge in [0.1, 0.15) is 18.2 Å². The van der Waals surface area contributed by atoms with E-state index in [9.17, 15) is 9.18 Å². The molecule has 2 aromatic carbocycles. The Morgan fingerprint density at radius 3 is 2.59 bits per heavy atom. The maximum absolute atomic E-state index is 14.4. The predicted molar refractivity (Wildman–Crippen MR) is 105 cm³/mol. The number of nitrogens with zero attached hydrogens (tertiary/aromatic N) is 1. The zero-order chi connectivity index (χ0) is 20.2. The number of benzene rings is 2. The molecule has 1 aliphatic rings. The Morgan fingerprint density at radius 1 is 1.10 bits per heavy atom. The number of ether oxygens (including phenoxy) is 2. The van der Waals surface area contributed by atoms with E-state index in [0.717, 1.165) is 24.0 Å². The highest BCUT2D eigenvalue weighted by Gasteiger charge is 2.31. The maximum atomic E-state index is 14.4. The van der Waals surface area contributed by atoms with Crippen LogP contribution < -0.4 is 4.74 Å². The van der Waals surface area contributed by atoms with Crippen LogP contribution in [0, 0.1) is 5.82 Å². The molecule has 4 rings (SSSR count). The molecule has 3 aromatic rings. The maximum Gasteiger partial charge on any atom is 0.329 e. The van der Waals surface area contributed by atoms with E-state index in [1.165, 1.54) is 6.07 Å². The van der Waals surface area contributed by atoms with Gasteiger partial charge in [0.2, 0.25) is 5.88 Å². The van der Waals surface area contributed by atoms with E-state index >= 15 is 0 Å². The monoisotopic (exact) mass is 393 g/mol. The first kappa shape index (κ1) is 19.1. The second kappa shape index (κ2) is 8.41. The molecule has 1 aromatic heterocycles. The molecule has 1 aliphatic carbocycles. The molecule has 0 saturated heterocycles. The molecule has 0 aliphatic heterocycles. The zero-order valence-electron chi connectivity index (χ0n) is 15.6. The molecule has 1 fully saturated rings. The Kier molecular flexibility index (Phi) is 5.53. The molecule has 0 radical (unpaired) electrons. The summed E-state index contributed by atoms with van der Waals surface area (Å²) in [5.41, 5.74) is 2.36. The van der Waals surface area contributed by atoms with Crippen LogP contribution in [0.25, 0.3) is 11.1 Å². The topological polar surface area (TPSA) is 68.7 Å². The van der Waals surface area contributed by atoms with Crippen molar-refractivity contribution in [2.75, 3.05) is 6.61 Å². The Morgan fingerprint density at radius 2 is 1.90 bits per heavy atom. The molecule has 5 nitrogen and oxygen atoms in total. The molecule has 0 atom stereocenters. The quantitative estimate of drug-likeness (QED) is 0.610. The van der Waals surface area contributed by atoms with Crippen molar-refractivity contribution in [3.8, 4) is 22.8 Å². The fraction of sp³-hybridized carbons (Fsp3) is 0.217. The summed E-state index contributed by atoms with van der Waals surface area (Å²) in [5, 5.41) is 8.66. The van der Waals surface area contributed by atoms with E-state index in [4.69, 9.17) is 14.6 Å². The predicted octanol–water partition coefficient (Wildman–Crippen LogP) is 5.03. The average Bonchev–Trinajstić information content (AvgIpc) is 2.69. The van der Waals surface area contributed by atoms with Crippen molar-refractivity contribution in [1.29, 1.82) is 0 Å². The highest BCUT2D eigenvalue weighted by Crippen LogP contribution is 2.39. The highest BCUT2D eigenvalue weighted by molar-refractivity contribution is 5.68. The number of rotatable bonds is 7.